The van der Waals surface area contributed by atoms with Crippen LogP contribution in [0.4, 0.5) is 11.7 Å². The average molecular weight is 1480 g/mol. The van der Waals surface area contributed by atoms with E-state index in [1.807, 2.05) is 285 Å². The van der Waals surface area contributed by atoms with E-state index in [1.54, 1.807) is 48.5 Å². The van der Waals surface area contributed by atoms with Crippen LogP contribution in [0.2, 0.25) is 5.15 Å². The molecule has 17 nitrogen and oxygen atoms in total. The van der Waals surface area contributed by atoms with E-state index in [-0.39, 0.29) is 29.9 Å². The van der Waals surface area contributed by atoms with Gasteiger partial charge in [0.25, 0.3) is 5.56 Å². The molecule has 0 saturated heterocycles. The molecule has 0 saturated carbocycles. The van der Waals surface area contributed by atoms with Crippen LogP contribution in [0.5, 0.6) is 0 Å². The minimum Gasteiger partial charge on any atom is -0.439 e. The van der Waals surface area contributed by atoms with Gasteiger partial charge in [0.1, 0.15) is 69.8 Å². The van der Waals surface area contributed by atoms with E-state index in [9.17, 15) is 25.1 Å². The van der Waals surface area contributed by atoms with Crippen molar-refractivity contribution < 1.29 is 32.7 Å². The van der Waals surface area contributed by atoms with Crippen molar-refractivity contribution in [2.24, 2.45) is 0 Å². The topological polar surface area (TPSA) is 269 Å². The fraction of sp³-hybridized carbons (Fsp3) is 0.0323. The van der Waals surface area contributed by atoms with E-state index in [4.69, 9.17) is 35.0 Å². The predicted molar refractivity (Wildman–Crippen MR) is 437 cm³/mol. The smallest absolute Gasteiger partial charge is 0.262 e. The number of hydrogen-bond acceptors (Lipinski definition) is 16. The van der Waals surface area contributed by atoms with Crippen LogP contribution in [0.15, 0.2) is 375 Å². The van der Waals surface area contributed by atoms with E-state index in [1.165, 1.54) is 19.0 Å². The number of H-pyrrole nitrogens is 1. The maximum atomic E-state index is 12.3. The highest BCUT2D eigenvalue weighted by atomic mass is 35.5. The first-order valence-electron chi connectivity index (χ1n) is 35.3. The van der Waals surface area contributed by atoms with Crippen molar-refractivity contribution in [2.45, 2.75) is 12.1 Å². The third-order valence-electron chi connectivity index (χ3n) is 18.0. The molecule has 0 aliphatic rings. The van der Waals surface area contributed by atoms with Crippen molar-refractivity contribution in [2.75, 3.05) is 17.7 Å². The lowest BCUT2D eigenvalue weighted by atomic mass is 9.98. The van der Waals surface area contributed by atoms with Crippen LogP contribution in [-0.2, 0) is 0 Å². The van der Waals surface area contributed by atoms with E-state index in [0.717, 1.165) is 94.6 Å². The molecule has 7 heterocycles. The van der Waals surface area contributed by atoms with Gasteiger partial charge in [-0.3, -0.25) is 9.59 Å². The van der Waals surface area contributed by atoms with Crippen LogP contribution >= 0.6 is 11.6 Å². The second-order valence-electron chi connectivity index (χ2n) is 25.0. The van der Waals surface area contributed by atoms with Gasteiger partial charge in [-0.1, -0.05) is 345 Å². The minimum absolute atomic E-state index is 0.0699. The summed E-state index contributed by atoms with van der Waals surface area (Å²) in [4.78, 5) is 48.2. The summed E-state index contributed by atoms with van der Waals surface area (Å²) in [6.07, 6.45) is 3.18. The van der Waals surface area contributed by atoms with Crippen LogP contribution in [0.3, 0.4) is 0 Å². The van der Waals surface area contributed by atoms with Gasteiger partial charge < -0.3 is 43.9 Å². The first kappa shape index (κ1) is 73.2. The molecule has 0 amide bonds. The molecule has 0 radical (unpaired) electrons. The number of nitrogen functional groups attached to an aromatic ring is 1. The van der Waals surface area contributed by atoms with Crippen LogP contribution in [0.25, 0.3) is 123 Å². The Kier molecular flexibility index (Phi) is 23.2. The van der Waals surface area contributed by atoms with Crippen molar-refractivity contribution in [3.8, 4) is 95.9 Å². The third-order valence-corrected chi connectivity index (χ3v) is 18.3. The maximum absolute atomic E-state index is 12.3. The molecule has 0 aliphatic carbocycles. The number of halogens is 1. The number of aliphatic hydroxyl groups excluding tert-OH is 2. The van der Waals surface area contributed by atoms with E-state index in [0.29, 0.717) is 61.7 Å². The highest BCUT2D eigenvalue weighted by Gasteiger charge is 2.27. The van der Waals surface area contributed by atoms with Crippen molar-refractivity contribution in [3.05, 3.63) is 390 Å². The molecular formula is C93H68ClN9O8. The number of rotatable bonds is 15. The van der Waals surface area contributed by atoms with Crippen LogP contribution in [0, 0.1) is 11.3 Å². The lowest BCUT2D eigenvalue weighted by Gasteiger charge is -2.18. The van der Waals surface area contributed by atoms with Crippen molar-refractivity contribution in [1.29, 1.82) is 5.26 Å². The Morgan fingerprint density at radius 3 is 1.17 bits per heavy atom. The number of aromatic nitrogens is 6. The molecule has 1 unspecified atom stereocenters. The fourth-order valence-electron chi connectivity index (χ4n) is 12.8. The van der Waals surface area contributed by atoms with E-state index < -0.39 is 6.10 Å². The zero-order valence-electron chi connectivity index (χ0n) is 59.3. The first-order valence-corrected chi connectivity index (χ1v) is 35.7. The first-order chi connectivity index (χ1) is 54.6. The number of Topliss-reactive ketones (excluding diaryl/α,β-unsaturated/α-hetero) is 1. The molecule has 6 N–H and O–H groups in total. The Balaban J connectivity index is 0.000000117. The number of benzene rings is 11. The number of hydrogen-bond donors (Lipinski definition) is 5. The summed E-state index contributed by atoms with van der Waals surface area (Å²) < 4.78 is 23.8. The van der Waals surface area contributed by atoms with Gasteiger partial charge in [0.15, 0.2) is 5.78 Å². The molecule has 18 heteroatoms. The Labute approximate surface area is 642 Å². The summed E-state index contributed by atoms with van der Waals surface area (Å²) in [5.74, 6) is 3.29. The van der Waals surface area contributed by atoms with Gasteiger partial charge in [0.05, 0.1) is 29.7 Å². The van der Waals surface area contributed by atoms with Crippen LogP contribution < -0.4 is 16.6 Å². The molecule has 0 fully saturated rings. The third kappa shape index (κ3) is 16.6. The molecule has 0 aliphatic heterocycles. The number of fused-ring (bicyclic) bond motifs is 3. The number of nitrogens with one attached hydrogen (secondary N) is 2. The summed E-state index contributed by atoms with van der Waals surface area (Å²) in [6, 6.07) is 108. The molecule has 0 bridgehead atoms. The second kappa shape index (κ2) is 35.2. The molecule has 0 spiro atoms. The number of ketones is 1. The molecule has 111 heavy (non-hydrogen) atoms. The number of furan rings is 4. The quantitative estimate of drug-likeness (QED) is 0.0471. The fourth-order valence-corrected chi connectivity index (χ4v) is 13.0. The summed E-state index contributed by atoms with van der Waals surface area (Å²) in [5, 5.41) is 35.1. The SMILES string of the molecule is Clc1ncnc2oc(-c3ccccc3)c(-c3ccccc3)c12.N#Cc1c(N)oc(-c2ccccc2)c1-c1ccccc1.O=C(c1ccccc1)C(O)c1ccccc1.O=c1[nH]cnc2oc(-c3ccccc3)c(-c3ccccc3)c12.OC[C@@H](Nc1ncnc2oc(-c3ccccc3)c(-c3ccccc3)c12)c1ccccc1. The van der Waals surface area contributed by atoms with Crippen molar-refractivity contribution in [3.63, 3.8) is 0 Å². The summed E-state index contributed by atoms with van der Waals surface area (Å²) >= 11 is 6.30. The molecular weight excluding hydrogens is 1410 g/mol. The van der Waals surface area contributed by atoms with Gasteiger partial charge in [0.2, 0.25) is 23.0 Å². The Morgan fingerprint density at radius 2 is 0.757 bits per heavy atom. The zero-order valence-corrected chi connectivity index (χ0v) is 60.1. The van der Waals surface area contributed by atoms with Gasteiger partial charge in [-0.15, -0.1) is 0 Å². The van der Waals surface area contributed by atoms with Crippen LogP contribution in [0.1, 0.15) is 39.2 Å². The minimum atomic E-state index is -1.08. The predicted octanol–water partition coefficient (Wildman–Crippen LogP) is 21.4. The standard InChI is InChI=1S/C26H21N3O2.C18H11ClN2O.C18H12N2O2.C17H12N2O.C14H12O2/c30-16-21(18-10-4-1-5-11-18)29-25-23-22(19-12-6-2-7-13-19)24(20-14-8-3-9-15-20)31-26(23)28-17-27-25;19-17-15-14(12-7-3-1-4-8-12)16(13-9-5-2-6-10-13)22-18(15)21-11-20-17;21-17-15-14(12-7-3-1-4-8-12)16(13-9-5-2-6-10-13)22-18(15)20-11-19-17;18-11-14-15(12-7-3-1-4-8-12)16(20-17(14)19)13-9-5-2-6-10-13;15-13(11-7-3-1-4-8-11)14(16)12-9-5-2-6-10-12/h1-15,17,21,30H,16H2,(H,27,28,29);1-11H;1-11H,(H,19,20,21);1-10H,19H2;1-10,13,15H/t21-;;;;/m1..../s1. The number of carbonyl (C=O) groups is 1. The molecule has 18 rings (SSSR count). The summed E-state index contributed by atoms with van der Waals surface area (Å²) in [6.45, 7) is -0.0699. The molecule has 11 aromatic carbocycles. The Morgan fingerprint density at radius 1 is 0.423 bits per heavy atom. The van der Waals surface area contributed by atoms with Crippen LogP contribution in [-0.4, -0.2) is 52.5 Å². The highest BCUT2D eigenvalue weighted by Crippen LogP contribution is 2.46. The largest absolute Gasteiger partial charge is 0.439 e. The number of anilines is 2. The monoisotopic (exact) mass is 1470 g/mol. The van der Waals surface area contributed by atoms with Crippen molar-refractivity contribution in [1.82, 2.24) is 29.9 Å². The highest BCUT2D eigenvalue weighted by molar-refractivity contribution is 6.35. The van der Waals surface area contributed by atoms with Gasteiger partial charge in [-0.05, 0) is 33.4 Å². The van der Waals surface area contributed by atoms with Gasteiger partial charge in [-0.25, -0.2) is 24.9 Å². The molecule has 7 aromatic heterocycles. The number of carbonyl (C=O) groups excluding carboxylic acids is 1. The second-order valence-corrected chi connectivity index (χ2v) is 25.4. The number of nitrogens with zero attached hydrogens (tertiary/aromatic N) is 6. The average Bonchev–Trinajstić information content (AvgIpc) is 1.63. The number of aliphatic hydroxyl groups is 2. The maximum Gasteiger partial charge on any atom is 0.262 e. The number of aromatic amines is 1. The summed E-state index contributed by atoms with van der Waals surface area (Å²) in [5.41, 5.74) is 20.5. The lowest BCUT2D eigenvalue weighted by Crippen LogP contribution is -2.15. The molecule has 540 valence electrons. The number of nitriles is 1. The number of nitrogens with two attached hydrogens (primary N) is 1. The molecule has 2 atom stereocenters. The zero-order chi connectivity index (χ0) is 76.3. The van der Waals surface area contributed by atoms with E-state index >= 15 is 0 Å². The molecule has 18 aromatic rings. The van der Waals surface area contributed by atoms with E-state index in [2.05, 4.69) is 41.3 Å². The lowest BCUT2D eigenvalue weighted by molar-refractivity contribution is 0.0747. The Hall–Kier alpha value is -14.7. The van der Waals surface area contributed by atoms with Gasteiger partial charge >= 0.3 is 0 Å². The Bertz CT molecular complexity index is 6180. The summed E-state index contributed by atoms with van der Waals surface area (Å²) in [7, 11) is 0. The normalized spacial score (nSPS) is 11.3. The van der Waals surface area contributed by atoms with Gasteiger partial charge in [0, 0.05) is 50.1 Å². The van der Waals surface area contributed by atoms with Gasteiger partial charge in [-0.2, -0.15) is 5.26 Å². The van der Waals surface area contributed by atoms with Crippen molar-refractivity contribution >= 4 is 62.4 Å².